The first-order chi connectivity index (χ1) is 9.15. The van der Waals surface area contributed by atoms with Gasteiger partial charge in [0.1, 0.15) is 5.82 Å². The van der Waals surface area contributed by atoms with E-state index in [0.29, 0.717) is 44.5 Å². The predicted molar refractivity (Wildman–Crippen MR) is 67.6 cm³/mol. The summed E-state index contributed by atoms with van der Waals surface area (Å²) in [7, 11) is 0. The van der Waals surface area contributed by atoms with Crippen LogP contribution in [0.5, 0.6) is 0 Å². The molecule has 3 rings (SSSR count). The van der Waals surface area contributed by atoms with E-state index in [0.717, 1.165) is 5.56 Å². The minimum Gasteiger partial charge on any atom is -0.481 e. The first kappa shape index (κ1) is 12.6. The lowest BCUT2D eigenvalue weighted by molar-refractivity contribution is -0.147. The van der Waals surface area contributed by atoms with Crippen molar-refractivity contribution < 1.29 is 19.0 Å². The van der Waals surface area contributed by atoms with Gasteiger partial charge in [0.05, 0.1) is 5.92 Å². The van der Waals surface area contributed by atoms with E-state index in [9.17, 15) is 14.3 Å². The molecule has 2 aliphatic rings. The third-order valence-corrected chi connectivity index (χ3v) is 4.65. The van der Waals surface area contributed by atoms with Gasteiger partial charge >= 0.3 is 5.97 Å². The molecule has 102 valence electrons. The lowest BCUT2D eigenvalue weighted by Gasteiger charge is -2.46. The van der Waals surface area contributed by atoms with E-state index in [-0.39, 0.29) is 5.82 Å². The largest absolute Gasteiger partial charge is 0.481 e. The first-order valence-corrected chi connectivity index (χ1v) is 6.73. The SMILES string of the molecule is O=C(O)C1CCc2cccc(F)c2C12CCOCC2. The van der Waals surface area contributed by atoms with Crippen LogP contribution >= 0.6 is 0 Å². The summed E-state index contributed by atoms with van der Waals surface area (Å²) in [4.78, 5) is 11.6. The van der Waals surface area contributed by atoms with Crippen LogP contribution in [0.15, 0.2) is 18.2 Å². The molecule has 19 heavy (non-hydrogen) atoms. The summed E-state index contributed by atoms with van der Waals surface area (Å²) in [6.45, 7) is 1.02. The maximum Gasteiger partial charge on any atom is 0.307 e. The minimum absolute atomic E-state index is 0.259. The third kappa shape index (κ3) is 1.86. The van der Waals surface area contributed by atoms with Crippen LogP contribution in [-0.4, -0.2) is 24.3 Å². The van der Waals surface area contributed by atoms with Crippen LogP contribution in [0, 0.1) is 11.7 Å². The number of hydrogen-bond donors (Lipinski definition) is 1. The van der Waals surface area contributed by atoms with Crippen LogP contribution in [0.25, 0.3) is 0 Å². The highest BCUT2D eigenvalue weighted by molar-refractivity contribution is 5.73. The minimum atomic E-state index is -0.809. The lowest BCUT2D eigenvalue weighted by atomic mass is 9.59. The smallest absolute Gasteiger partial charge is 0.307 e. The number of carboxylic acids is 1. The maximum atomic E-state index is 14.3. The van der Waals surface area contributed by atoms with E-state index in [1.54, 1.807) is 6.07 Å². The summed E-state index contributed by atoms with van der Waals surface area (Å²) < 4.78 is 19.7. The molecule has 1 spiro atoms. The van der Waals surface area contributed by atoms with Crippen molar-refractivity contribution in [1.82, 2.24) is 0 Å². The molecule has 1 aliphatic carbocycles. The number of aliphatic carboxylic acids is 1. The number of ether oxygens (including phenoxy) is 1. The van der Waals surface area contributed by atoms with Gasteiger partial charge in [-0.2, -0.15) is 0 Å². The van der Waals surface area contributed by atoms with Crippen LogP contribution in [0.3, 0.4) is 0 Å². The number of hydrogen-bond acceptors (Lipinski definition) is 2. The molecule has 1 heterocycles. The lowest BCUT2D eigenvalue weighted by Crippen LogP contribution is -2.48. The number of carboxylic acid groups (broad SMARTS) is 1. The van der Waals surface area contributed by atoms with E-state index in [4.69, 9.17) is 4.74 Å². The Labute approximate surface area is 111 Å². The molecule has 0 radical (unpaired) electrons. The zero-order valence-electron chi connectivity index (χ0n) is 10.7. The third-order valence-electron chi connectivity index (χ3n) is 4.65. The zero-order chi connectivity index (χ0) is 13.5. The number of benzene rings is 1. The fourth-order valence-corrected chi connectivity index (χ4v) is 3.78. The maximum absolute atomic E-state index is 14.3. The molecule has 0 aromatic heterocycles. The fourth-order valence-electron chi connectivity index (χ4n) is 3.78. The number of aryl methyl sites for hydroxylation is 1. The van der Waals surface area contributed by atoms with Gasteiger partial charge in [0.2, 0.25) is 0 Å². The van der Waals surface area contributed by atoms with Gasteiger partial charge in [-0.1, -0.05) is 12.1 Å². The Morgan fingerprint density at radius 3 is 2.79 bits per heavy atom. The molecule has 4 heteroatoms. The average Bonchev–Trinajstić information content (AvgIpc) is 2.39. The normalized spacial score (nSPS) is 25.0. The standard InChI is InChI=1S/C15H17FO3/c16-12-3-1-2-10-4-5-11(14(17)18)15(13(10)12)6-8-19-9-7-15/h1-3,11H,4-9H2,(H,17,18). The van der Waals surface area contributed by atoms with Crippen LogP contribution in [-0.2, 0) is 21.4 Å². The molecular weight excluding hydrogens is 247 g/mol. The molecule has 0 saturated carbocycles. The highest BCUT2D eigenvalue weighted by atomic mass is 19.1. The topological polar surface area (TPSA) is 46.5 Å². The Balaban J connectivity index is 2.17. The monoisotopic (exact) mass is 264 g/mol. The van der Waals surface area contributed by atoms with Gasteiger partial charge < -0.3 is 9.84 Å². The van der Waals surface area contributed by atoms with Crippen molar-refractivity contribution in [1.29, 1.82) is 0 Å². The second-order valence-electron chi connectivity index (χ2n) is 5.47. The second-order valence-corrected chi connectivity index (χ2v) is 5.47. The van der Waals surface area contributed by atoms with Gasteiger partial charge in [-0.05, 0) is 42.9 Å². The summed E-state index contributed by atoms with van der Waals surface area (Å²) in [6, 6.07) is 5.08. The Bertz CT molecular complexity index is 506. The van der Waals surface area contributed by atoms with Gasteiger partial charge in [-0.3, -0.25) is 4.79 Å². The molecule has 3 nitrogen and oxygen atoms in total. The summed E-state index contributed by atoms with van der Waals surface area (Å²) in [5.41, 5.74) is 1.03. The van der Waals surface area contributed by atoms with E-state index in [1.165, 1.54) is 6.07 Å². The Morgan fingerprint density at radius 1 is 1.37 bits per heavy atom. The van der Waals surface area contributed by atoms with E-state index in [1.807, 2.05) is 6.07 Å². The number of fused-ring (bicyclic) bond motifs is 2. The molecule has 1 N–H and O–H groups in total. The molecule has 0 amide bonds. The second kappa shape index (κ2) is 4.60. The van der Waals surface area contributed by atoms with Crippen molar-refractivity contribution in [3.8, 4) is 0 Å². The number of carbonyl (C=O) groups is 1. The quantitative estimate of drug-likeness (QED) is 0.847. The average molecular weight is 264 g/mol. The number of rotatable bonds is 1. The molecule has 1 saturated heterocycles. The summed E-state index contributed by atoms with van der Waals surface area (Å²) in [6.07, 6.45) is 2.42. The van der Waals surface area contributed by atoms with Gasteiger partial charge in [0.25, 0.3) is 0 Å². The molecule has 1 unspecified atom stereocenters. The molecule has 1 aromatic rings. The van der Waals surface area contributed by atoms with Gasteiger partial charge in [0, 0.05) is 18.6 Å². The highest BCUT2D eigenvalue weighted by Gasteiger charge is 2.49. The predicted octanol–water partition coefficient (Wildman–Crippen LogP) is 2.52. The first-order valence-electron chi connectivity index (χ1n) is 6.73. The molecule has 1 atom stereocenters. The molecule has 1 fully saturated rings. The van der Waals surface area contributed by atoms with E-state index < -0.39 is 17.3 Å². The van der Waals surface area contributed by atoms with Gasteiger partial charge in [0.15, 0.2) is 0 Å². The zero-order valence-corrected chi connectivity index (χ0v) is 10.7. The molecule has 1 aliphatic heterocycles. The Morgan fingerprint density at radius 2 is 2.11 bits per heavy atom. The molecule has 1 aromatic carbocycles. The van der Waals surface area contributed by atoms with Crippen LogP contribution in [0.1, 0.15) is 30.4 Å². The van der Waals surface area contributed by atoms with Crippen molar-refractivity contribution in [2.75, 3.05) is 13.2 Å². The Hall–Kier alpha value is -1.42. The summed E-state index contributed by atoms with van der Waals surface area (Å²) in [5.74, 6) is -1.57. The summed E-state index contributed by atoms with van der Waals surface area (Å²) >= 11 is 0. The summed E-state index contributed by atoms with van der Waals surface area (Å²) in [5, 5.41) is 9.51. The fraction of sp³-hybridized carbons (Fsp3) is 0.533. The van der Waals surface area contributed by atoms with Crippen molar-refractivity contribution in [3.63, 3.8) is 0 Å². The molecule has 0 bridgehead atoms. The Kier molecular flexibility index (Phi) is 3.05. The van der Waals surface area contributed by atoms with Gasteiger partial charge in [-0.15, -0.1) is 0 Å². The van der Waals surface area contributed by atoms with Crippen molar-refractivity contribution in [2.45, 2.75) is 31.1 Å². The van der Waals surface area contributed by atoms with Crippen molar-refractivity contribution >= 4 is 5.97 Å². The van der Waals surface area contributed by atoms with Crippen molar-refractivity contribution in [2.24, 2.45) is 5.92 Å². The van der Waals surface area contributed by atoms with E-state index >= 15 is 0 Å². The van der Waals surface area contributed by atoms with Crippen molar-refractivity contribution in [3.05, 3.63) is 35.1 Å². The highest BCUT2D eigenvalue weighted by Crippen LogP contribution is 2.49. The van der Waals surface area contributed by atoms with Crippen LogP contribution in [0.4, 0.5) is 4.39 Å². The van der Waals surface area contributed by atoms with Crippen LogP contribution in [0.2, 0.25) is 0 Å². The van der Waals surface area contributed by atoms with E-state index in [2.05, 4.69) is 0 Å². The van der Waals surface area contributed by atoms with Gasteiger partial charge in [-0.25, -0.2) is 4.39 Å². The number of halogens is 1. The molecular formula is C15H17FO3. The van der Waals surface area contributed by atoms with Crippen LogP contribution < -0.4 is 0 Å².